The largest absolute Gasteiger partial charge is 0.385 e. The van der Waals surface area contributed by atoms with E-state index in [4.69, 9.17) is 5.73 Å². The van der Waals surface area contributed by atoms with E-state index in [0.29, 0.717) is 13.0 Å². The molecule has 0 aliphatic heterocycles. The normalized spacial score (nSPS) is 9.62. The molecule has 1 aromatic rings. The van der Waals surface area contributed by atoms with Gasteiger partial charge in [-0.15, -0.1) is 0 Å². The van der Waals surface area contributed by atoms with Crippen molar-refractivity contribution in [3.8, 4) is 0 Å². The van der Waals surface area contributed by atoms with Crippen molar-refractivity contribution in [3.05, 3.63) is 27.8 Å². The zero-order valence-electron chi connectivity index (χ0n) is 7.09. The maximum atomic E-state index is 10.4. The van der Waals surface area contributed by atoms with E-state index in [-0.39, 0.29) is 5.91 Å². The Morgan fingerprint density at radius 1 is 1.38 bits per heavy atom. The lowest BCUT2D eigenvalue weighted by Crippen LogP contribution is -2.15. The quantitative estimate of drug-likeness (QED) is 0.827. The zero-order chi connectivity index (χ0) is 9.68. The molecule has 0 unspecified atom stereocenters. The summed E-state index contributed by atoms with van der Waals surface area (Å²) in [5.74, 6) is -0.280. The van der Waals surface area contributed by atoms with Crippen molar-refractivity contribution in [2.75, 3.05) is 11.9 Å². The summed E-state index contributed by atoms with van der Waals surface area (Å²) >= 11 is 2.24. The molecule has 0 heterocycles. The summed E-state index contributed by atoms with van der Waals surface area (Å²) in [6.07, 6.45) is 0.367. The SMILES string of the molecule is NC(=O)CCNc1ccc(I)cc1. The lowest BCUT2D eigenvalue weighted by Gasteiger charge is -2.03. The number of anilines is 1. The van der Waals surface area contributed by atoms with Gasteiger partial charge in [0.2, 0.25) is 5.91 Å². The first-order valence-electron chi connectivity index (χ1n) is 3.96. The highest BCUT2D eigenvalue weighted by Gasteiger charge is 1.94. The summed E-state index contributed by atoms with van der Waals surface area (Å²) in [7, 11) is 0. The Morgan fingerprint density at radius 2 is 2.00 bits per heavy atom. The summed E-state index contributed by atoms with van der Waals surface area (Å²) in [6.45, 7) is 0.593. The van der Waals surface area contributed by atoms with E-state index in [1.807, 2.05) is 24.3 Å². The van der Waals surface area contributed by atoms with Crippen molar-refractivity contribution in [1.29, 1.82) is 0 Å². The van der Waals surface area contributed by atoms with Gasteiger partial charge in [0.15, 0.2) is 0 Å². The van der Waals surface area contributed by atoms with Crippen LogP contribution >= 0.6 is 22.6 Å². The van der Waals surface area contributed by atoms with Crippen LogP contribution in [0.25, 0.3) is 0 Å². The number of hydrogen-bond donors (Lipinski definition) is 2. The highest BCUT2D eigenvalue weighted by Crippen LogP contribution is 2.10. The molecular weight excluding hydrogens is 279 g/mol. The number of amides is 1. The minimum Gasteiger partial charge on any atom is -0.385 e. The van der Waals surface area contributed by atoms with Gasteiger partial charge in [0, 0.05) is 22.2 Å². The molecule has 4 heteroatoms. The van der Waals surface area contributed by atoms with Crippen molar-refractivity contribution >= 4 is 34.2 Å². The fraction of sp³-hybridized carbons (Fsp3) is 0.222. The third kappa shape index (κ3) is 4.12. The van der Waals surface area contributed by atoms with Crippen LogP contribution in [-0.2, 0) is 4.79 Å². The van der Waals surface area contributed by atoms with Crippen LogP contribution in [0, 0.1) is 3.57 Å². The predicted molar refractivity (Wildman–Crippen MR) is 61.5 cm³/mol. The van der Waals surface area contributed by atoms with Crippen molar-refractivity contribution < 1.29 is 4.79 Å². The number of carbonyl (C=O) groups excluding carboxylic acids is 1. The van der Waals surface area contributed by atoms with Crippen LogP contribution in [0.15, 0.2) is 24.3 Å². The molecule has 0 spiro atoms. The third-order valence-electron chi connectivity index (χ3n) is 1.54. The lowest BCUT2D eigenvalue weighted by atomic mass is 10.3. The zero-order valence-corrected chi connectivity index (χ0v) is 9.24. The number of nitrogens with one attached hydrogen (secondary N) is 1. The summed E-state index contributed by atoms with van der Waals surface area (Å²) in [5.41, 5.74) is 6.02. The predicted octanol–water partition coefficient (Wildman–Crippen LogP) is 1.58. The number of halogens is 1. The third-order valence-corrected chi connectivity index (χ3v) is 2.26. The molecule has 3 N–H and O–H groups in total. The molecule has 0 radical (unpaired) electrons. The molecule has 3 nitrogen and oxygen atoms in total. The Hall–Kier alpha value is -0.780. The maximum Gasteiger partial charge on any atom is 0.219 e. The first-order valence-corrected chi connectivity index (χ1v) is 5.04. The molecule has 0 fully saturated rings. The fourth-order valence-corrected chi connectivity index (χ4v) is 1.26. The minimum absolute atomic E-state index is 0.280. The molecule has 1 aromatic carbocycles. The Morgan fingerprint density at radius 3 is 2.54 bits per heavy atom. The molecule has 1 amide bonds. The van der Waals surface area contributed by atoms with Gasteiger partial charge < -0.3 is 11.1 Å². The standard InChI is InChI=1S/C9H11IN2O/c10-7-1-3-8(4-2-7)12-6-5-9(11)13/h1-4,12H,5-6H2,(H2,11,13). The molecular formula is C9H11IN2O. The number of benzene rings is 1. The molecule has 0 saturated heterocycles. The van der Waals surface area contributed by atoms with Crippen LogP contribution in [0.5, 0.6) is 0 Å². The summed E-state index contributed by atoms with van der Waals surface area (Å²) < 4.78 is 1.19. The fourth-order valence-electron chi connectivity index (χ4n) is 0.898. The number of primary amides is 1. The van der Waals surface area contributed by atoms with E-state index >= 15 is 0 Å². The van der Waals surface area contributed by atoms with Crippen molar-refractivity contribution in [2.24, 2.45) is 5.73 Å². The van der Waals surface area contributed by atoms with Gasteiger partial charge in [0.25, 0.3) is 0 Å². The molecule has 0 aliphatic rings. The molecule has 0 saturated carbocycles. The summed E-state index contributed by atoms with van der Waals surface area (Å²) in [4.78, 5) is 10.4. The molecule has 1 rings (SSSR count). The summed E-state index contributed by atoms with van der Waals surface area (Å²) in [6, 6.07) is 7.96. The Labute approximate surface area is 90.8 Å². The van der Waals surface area contributed by atoms with E-state index in [1.54, 1.807) is 0 Å². The van der Waals surface area contributed by atoms with E-state index in [1.165, 1.54) is 3.57 Å². The first kappa shape index (κ1) is 10.3. The molecule has 0 aromatic heterocycles. The van der Waals surface area contributed by atoms with Gasteiger partial charge in [-0.05, 0) is 46.9 Å². The van der Waals surface area contributed by atoms with Crippen molar-refractivity contribution in [1.82, 2.24) is 0 Å². The van der Waals surface area contributed by atoms with Crippen LogP contribution in [0.3, 0.4) is 0 Å². The van der Waals surface area contributed by atoms with E-state index in [2.05, 4.69) is 27.9 Å². The highest BCUT2D eigenvalue weighted by atomic mass is 127. The van der Waals surface area contributed by atoms with Crippen molar-refractivity contribution in [3.63, 3.8) is 0 Å². The van der Waals surface area contributed by atoms with Gasteiger partial charge in [-0.1, -0.05) is 0 Å². The lowest BCUT2D eigenvalue weighted by molar-refractivity contribution is -0.117. The average molecular weight is 290 g/mol. The Bertz CT molecular complexity index is 284. The topological polar surface area (TPSA) is 55.1 Å². The number of carbonyl (C=O) groups is 1. The molecule has 70 valence electrons. The van der Waals surface area contributed by atoms with Crippen LogP contribution in [0.1, 0.15) is 6.42 Å². The average Bonchev–Trinajstić information content (AvgIpc) is 2.08. The van der Waals surface area contributed by atoms with E-state index in [9.17, 15) is 4.79 Å². The maximum absolute atomic E-state index is 10.4. The van der Waals surface area contributed by atoms with Gasteiger partial charge in [-0.3, -0.25) is 4.79 Å². The van der Waals surface area contributed by atoms with E-state index < -0.39 is 0 Å². The molecule has 0 bridgehead atoms. The van der Waals surface area contributed by atoms with Crippen LogP contribution < -0.4 is 11.1 Å². The first-order chi connectivity index (χ1) is 6.18. The Balaban J connectivity index is 2.37. The van der Waals surface area contributed by atoms with Crippen LogP contribution in [0.2, 0.25) is 0 Å². The highest BCUT2D eigenvalue weighted by molar-refractivity contribution is 14.1. The smallest absolute Gasteiger partial charge is 0.219 e. The molecule has 0 atom stereocenters. The van der Waals surface area contributed by atoms with Gasteiger partial charge in [-0.25, -0.2) is 0 Å². The minimum atomic E-state index is -0.280. The van der Waals surface area contributed by atoms with Gasteiger partial charge in [0.05, 0.1) is 0 Å². The number of hydrogen-bond acceptors (Lipinski definition) is 2. The summed E-state index contributed by atoms with van der Waals surface area (Å²) in [5, 5.41) is 3.10. The second-order valence-corrected chi connectivity index (χ2v) is 3.90. The van der Waals surface area contributed by atoms with Gasteiger partial charge in [0.1, 0.15) is 0 Å². The molecule has 0 aliphatic carbocycles. The molecule has 13 heavy (non-hydrogen) atoms. The van der Waals surface area contributed by atoms with Crippen molar-refractivity contribution in [2.45, 2.75) is 6.42 Å². The van der Waals surface area contributed by atoms with Crippen LogP contribution in [-0.4, -0.2) is 12.5 Å². The number of nitrogens with two attached hydrogens (primary N) is 1. The van der Waals surface area contributed by atoms with Gasteiger partial charge >= 0.3 is 0 Å². The van der Waals surface area contributed by atoms with Crippen LogP contribution in [0.4, 0.5) is 5.69 Å². The second kappa shape index (κ2) is 5.06. The van der Waals surface area contributed by atoms with E-state index in [0.717, 1.165) is 5.69 Å². The van der Waals surface area contributed by atoms with Gasteiger partial charge in [-0.2, -0.15) is 0 Å². The second-order valence-electron chi connectivity index (χ2n) is 2.65. The number of rotatable bonds is 4. The Kier molecular flexibility index (Phi) is 4.01. The monoisotopic (exact) mass is 290 g/mol.